The molecule has 0 saturated heterocycles. The number of nitrogens with one attached hydrogen (secondary N) is 1. The average molecular weight is 621 g/mol. The Morgan fingerprint density at radius 1 is 0.911 bits per heavy atom. The Balaban J connectivity index is 0.000000418. The topological polar surface area (TPSA) is 69.0 Å². The summed E-state index contributed by atoms with van der Waals surface area (Å²) in [5.74, 6) is 1.27. The van der Waals surface area contributed by atoms with Gasteiger partial charge < -0.3 is 13.8 Å². The number of quaternary nitrogens is 1. The Morgan fingerprint density at radius 3 is 2.07 bits per heavy atom. The van der Waals surface area contributed by atoms with E-state index in [0.29, 0.717) is 11.5 Å². The molecular weight excluding hydrogens is 558 g/mol. The van der Waals surface area contributed by atoms with Crippen molar-refractivity contribution in [3.05, 3.63) is 58.6 Å². The third-order valence-electron chi connectivity index (χ3n) is 8.36. The minimum atomic E-state index is -0.203. The van der Waals surface area contributed by atoms with Gasteiger partial charge in [0.05, 0.1) is 56.5 Å². The molecule has 1 fully saturated rings. The predicted octanol–water partition coefficient (Wildman–Crippen LogP) is 9.63. The van der Waals surface area contributed by atoms with Crippen LogP contribution in [0.1, 0.15) is 126 Å². The number of anilines is 1. The van der Waals surface area contributed by atoms with Gasteiger partial charge in [-0.3, -0.25) is 15.1 Å². The Bertz CT molecular complexity index is 1360. The summed E-state index contributed by atoms with van der Waals surface area (Å²) < 4.78 is 8.43. The first-order valence-corrected chi connectivity index (χ1v) is 17.3. The SMILES string of the molecule is C1CCCC1.CCCC.CCCCC.COC1=C(c2cc(C(=O)Nc3nc4ccc(C)cc4n3C)cc(C)n2)C[N+](C)(C)CC1. The van der Waals surface area contributed by atoms with Crippen LogP contribution in [0.3, 0.4) is 0 Å². The van der Waals surface area contributed by atoms with E-state index in [1.807, 2.05) is 49.7 Å². The fraction of sp³-hybridized carbons (Fsp3) is 0.605. The molecule has 1 aliphatic heterocycles. The van der Waals surface area contributed by atoms with Crippen molar-refractivity contribution in [2.24, 2.45) is 7.05 Å². The molecule has 5 rings (SSSR count). The number of unbranched alkanes of at least 4 members (excludes halogenated alkanes) is 3. The summed E-state index contributed by atoms with van der Waals surface area (Å²) in [7, 11) is 8.01. The lowest BCUT2D eigenvalue weighted by molar-refractivity contribution is -0.884. The molecule has 1 amide bonds. The zero-order valence-electron chi connectivity index (χ0n) is 30.2. The molecular formula is C38H62N5O2+. The summed E-state index contributed by atoms with van der Waals surface area (Å²) in [6.07, 6.45) is 15.1. The van der Waals surface area contributed by atoms with Crippen molar-refractivity contribution in [1.82, 2.24) is 14.5 Å². The van der Waals surface area contributed by atoms with Crippen LogP contribution in [0.25, 0.3) is 16.6 Å². The number of aryl methyl sites for hydroxylation is 3. The number of amides is 1. The lowest BCUT2D eigenvalue weighted by atomic mass is 10.0. The van der Waals surface area contributed by atoms with Crippen LogP contribution in [0.2, 0.25) is 0 Å². The molecule has 0 atom stereocenters. The van der Waals surface area contributed by atoms with E-state index in [4.69, 9.17) is 9.72 Å². The van der Waals surface area contributed by atoms with Gasteiger partial charge in [0.25, 0.3) is 5.91 Å². The lowest BCUT2D eigenvalue weighted by Crippen LogP contribution is -2.44. The van der Waals surface area contributed by atoms with Crippen molar-refractivity contribution in [3.8, 4) is 0 Å². The minimum Gasteiger partial charge on any atom is -0.500 e. The molecule has 3 heterocycles. The Hall–Kier alpha value is -3.19. The second kappa shape index (κ2) is 19.4. The standard InChI is InChI=1S/C24H29N5O2.C5H10.C5H12.C4H10/c1-15-7-8-19-21(11-15)28(3)24(26-19)27-23(30)17-12-16(2)25-20(13-17)18-14-29(4,5)10-9-22(18)31-6;1-2-4-5-3-1;1-3-5-4-2;1-3-4-2/h7-8,11-13H,9-10,14H2,1-6H3;1-5H2;3-5H2,1-2H3;3-4H2,1-2H3/p+1. The number of aromatic nitrogens is 3. The number of pyridine rings is 1. The third-order valence-corrected chi connectivity index (χ3v) is 8.36. The zero-order valence-corrected chi connectivity index (χ0v) is 30.2. The van der Waals surface area contributed by atoms with E-state index in [-0.39, 0.29) is 5.91 Å². The zero-order chi connectivity index (χ0) is 33.4. The maximum absolute atomic E-state index is 13.1. The van der Waals surface area contributed by atoms with Gasteiger partial charge in [0.2, 0.25) is 5.95 Å². The molecule has 0 unspecified atom stereocenters. The van der Waals surface area contributed by atoms with Gasteiger partial charge in [0.1, 0.15) is 12.3 Å². The molecule has 1 saturated carbocycles. The highest BCUT2D eigenvalue weighted by Crippen LogP contribution is 2.29. The largest absolute Gasteiger partial charge is 0.500 e. The van der Waals surface area contributed by atoms with E-state index >= 15 is 0 Å². The maximum atomic E-state index is 13.1. The van der Waals surface area contributed by atoms with Crippen LogP contribution in [0.15, 0.2) is 36.1 Å². The molecule has 1 aliphatic carbocycles. The number of ether oxygens (including phenoxy) is 1. The highest BCUT2D eigenvalue weighted by molar-refractivity contribution is 6.04. The first-order chi connectivity index (χ1) is 21.5. The molecule has 2 aromatic heterocycles. The Morgan fingerprint density at radius 2 is 1.53 bits per heavy atom. The van der Waals surface area contributed by atoms with E-state index in [1.165, 1.54) is 64.2 Å². The number of carbonyl (C=O) groups is 1. The van der Waals surface area contributed by atoms with Crippen LogP contribution >= 0.6 is 0 Å². The summed E-state index contributed by atoms with van der Waals surface area (Å²) in [6.45, 7) is 14.6. The molecule has 0 radical (unpaired) electrons. The highest BCUT2D eigenvalue weighted by atomic mass is 16.5. The summed E-state index contributed by atoms with van der Waals surface area (Å²) in [5.41, 5.74) is 6.21. The number of fused-ring (bicyclic) bond motifs is 1. The third kappa shape index (κ3) is 12.3. The Kier molecular flexibility index (Phi) is 16.3. The molecule has 250 valence electrons. The second-order valence-electron chi connectivity index (χ2n) is 13.1. The van der Waals surface area contributed by atoms with Gasteiger partial charge in [-0.15, -0.1) is 0 Å². The fourth-order valence-corrected chi connectivity index (χ4v) is 5.38. The summed E-state index contributed by atoms with van der Waals surface area (Å²) >= 11 is 0. The van der Waals surface area contributed by atoms with Gasteiger partial charge in [0, 0.05) is 18.3 Å². The van der Waals surface area contributed by atoms with Gasteiger partial charge in [-0.05, 0) is 43.7 Å². The van der Waals surface area contributed by atoms with Crippen molar-refractivity contribution in [2.45, 2.75) is 112 Å². The van der Waals surface area contributed by atoms with E-state index in [0.717, 1.165) is 63.3 Å². The van der Waals surface area contributed by atoms with E-state index in [9.17, 15) is 4.79 Å². The Labute approximate surface area is 274 Å². The van der Waals surface area contributed by atoms with Crippen molar-refractivity contribution < 1.29 is 14.0 Å². The number of imidazole rings is 1. The van der Waals surface area contributed by atoms with Gasteiger partial charge in [0.15, 0.2) is 0 Å². The number of benzene rings is 1. The van der Waals surface area contributed by atoms with Crippen molar-refractivity contribution >= 4 is 28.5 Å². The summed E-state index contributed by atoms with van der Waals surface area (Å²) in [5, 5.41) is 2.97. The van der Waals surface area contributed by atoms with Crippen molar-refractivity contribution in [3.63, 3.8) is 0 Å². The first-order valence-electron chi connectivity index (χ1n) is 17.3. The smallest absolute Gasteiger partial charge is 0.258 e. The molecule has 2 aliphatic rings. The van der Waals surface area contributed by atoms with Gasteiger partial charge in [-0.2, -0.15) is 0 Å². The molecule has 7 nitrogen and oxygen atoms in total. The van der Waals surface area contributed by atoms with Crippen LogP contribution < -0.4 is 5.32 Å². The molecule has 0 spiro atoms. The molecule has 0 bridgehead atoms. The number of methoxy groups -OCH3 is 1. The number of rotatable bonds is 7. The summed E-state index contributed by atoms with van der Waals surface area (Å²) in [4.78, 5) is 22.4. The van der Waals surface area contributed by atoms with Crippen molar-refractivity contribution in [2.75, 3.05) is 39.6 Å². The van der Waals surface area contributed by atoms with Crippen LogP contribution in [-0.2, 0) is 11.8 Å². The number of hydrogen-bond donors (Lipinski definition) is 1. The van der Waals surface area contributed by atoms with E-state index in [1.54, 1.807) is 7.11 Å². The number of nitrogens with zero attached hydrogens (tertiary/aromatic N) is 4. The van der Waals surface area contributed by atoms with Crippen molar-refractivity contribution in [1.29, 1.82) is 0 Å². The monoisotopic (exact) mass is 620 g/mol. The van der Waals surface area contributed by atoms with E-state index in [2.05, 4.69) is 58.2 Å². The minimum absolute atomic E-state index is 0.203. The first kappa shape index (κ1) is 38.0. The fourth-order valence-electron chi connectivity index (χ4n) is 5.38. The number of hydrogen-bond acceptors (Lipinski definition) is 4. The molecule has 3 aromatic rings. The lowest BCUT2D eigenvalue weighted by Gasteiger charge is -2.35. The predicted molar refractivity (Wildman–Crippen MR) is 192 cm³/mol. The molecule has 1 aromatic carbocycles. The molecule has 45 heavy (non-hydrogen) atoms. The number of likely N-dealkylation sites (N-methyl/N-ethyl adjacent to an activating group) is 1. The van der Waals surface area contributed by atoms with Crippen LogP contribution in [0.5, 0.6) is 0 Å². The quantitative estimate of drug-likeness (QED) is 0.267. The van der Waals surface area contributed by atoms with Gasteiger partial charge in [-0.25, -0.2) is 4.98 Å². The van der Waals surface area contributed by atoms with E-state index < -0.39 is 0 Å². The maximum Gasteiger partial charge on any atom is 0.258 e. The highest BCUT2D eigenvalue weighted by Gasteiger charge is 2.29. The number of carbonyl (C=O) groups excluding carboxylic acids is 1. The van der Waals surface area contributed by atoms with Crippen LogP contribution in [0.4, 0.5) is 5.95 Å². The van der Waals surface area contributed by atoms with Crippen LogP contribution in [-0.4, -0.2) is 59.2 Å². The van der Waals surface area contributed by atoms with Gasteiger partial charge in [-0.1, -0.05) is 98.0 Å². The normalized spacial score (nSPS) is 15.2. The summed E-state index contributed by atoms with van der Waals surface area (Å²) in [6, 6.07) is 9.71. The average Bonchev–Trinajstić information content (AvgIpc) is 3.70. The molecule has 7 heteroatoms. The molecule has 1 N–H and O–H groups in total. The second-order valence-corrected chi connectivity index (χ2v) is 13.1. The van der Waals surface area contributed by atoms with Crippen LogP contribution in [0, 0.1) is 13.8 Å². The van der Waals surface area contributed by atoms with Gasteiger partial charge >= 0.3 is 0 Å².